The van der Waals surface area contributed by atoms with E-state index in [9.17, 15) is 14.4 Å². The highest BCUT2D eigenvalue weighted by Crippen LogP contribution is 2.31. The lowest BCUT2D eigenvalue weighted by Crippen LogP contribution is -2.08. The van der Waals surface area contributed by atoms with Gasteiger partial charge in [0.25, 0.3) is 0 Å². The monoisotopic (exact) mass is 403 g/mol. The molecule has 0 fully saturated rings. The molecule has 0 heterocycles. The molecular formula is C24H18FNO4. The number of rotatable bonds is 6. The molecule has 0 bridgehead atoms. The number of halogens is 1. The smallest absolute Gasteiger partial charge is 0.343 e. The Morgan fingerprint density at radius 2 is 1.63 bits per heavy atom. The molecule has 0 saturated carbocycles. The summed E-state index contributed by atoms with van der Waals surface area (Å²) >= 11 is 0. The largest absolute Gasteiger partial charge is 0.493 e. The summed E-state index contributed by atoms with van der Waals surface area (Å²) in [5, 5.41) is 9.61. The Kier molecular flexibility index (Phi) is 6.46. The van der Waals surface area contributed by atoms with Crippen molar-refractivity contribution >= 4 is 17.6 Å². The summed E-state index contributed by atoms with van der Waals surface area (Å²) < 4.78 is 28.9. The van der Waals surface area contributed by atoms with Crippen molar-refractivity contribution in [3.8, 4) is 23.3 Å². The minimum absolute atomic E-state index is 0.236. The maximum atomic E-state index is 13.0. The molecule has 6 heteroatoms. The van der Waals surface area contributed by atoms with Crippen molar-refractivity contribution in [1.29, 1.82) is 5.26 Å². The van der Waals surface area contributed by atoms with Gasteiger partial charge in [-0.25, -0.2) is 9.18 Å². The molecule has 150 valence electrons. The lowest BCUT2D eigenvalue weighted by Gasteiger charge is -2.09. The lowest BCUT2D eigenvalue weighted by atomic mass is 10.0. The van der Waals surface area contributed by atoms with Gasteiger partial charge in [0.05, 0.1) is 31.4 Å². The van der Waals surface area contributed by atoms with Gasteiger partial charge in [-0.05, 0) is 71.8 Å². The van der Waals surface area contributed by atoms with Crippen LogP contribution in [0.15, 0.2) is 66.7 Å². The van der Waals surface area contributed by atoms with E-state index >= 15 is 0 Å². The number of allylic oxidation sites excluding steroid dienone is 1. The van der Waals surface area contributed by atoms with Gasteiger partial charge in [-0.15, -0.1) is 0 Å². The van der Waals surface area contributed by atoms with Crippen molar-refractivity contribution in [2.24, 2.45) is 0 Å². The Hall–Kier alpha value is -4.11. The molecule has 0 aromatic heterocycles. The predicted molar refractivity (Wildman–Crippen MR) is 111 cm³/mol. The van der Waals surface area contributed by atoms with Crippen LogP contribution in [-0.4, -0.2) is 20.2 Å². The molecular weight excluding hydrogens is 385 g/mol. The van der Waals surface area contributed by atoms with Gasteiger partial charge < -0.3 is 14.2 Å². The van der Waals surface area contributed by atoms with E-state index in [1.165, 1.54) is 38.5 Å². The first kappa shape index (κ1) is 20.6. The Balaban J connectivity index is 1.85. The fraction of sp³-hybridized carbons (Fsp3) is 0.0833. The average molecular weight is 403 g/mol. The van der Waals surface area contributed by atoms with Crippen LogP contribution in [0.2, 0.25) is 0 Å². The van der Waals surface area contributed by atoms with Crippen LogP contribution in [0.1, 0.15) is 21.5 Å². The number of nitriles is 1. The summed E-state index contributed by atoms with van der Waals surface area (Å²) in [4.78, 5) is 12.2. The molecule has 0 unspecified atom stereocenters. The summed E-state index contributed by atoms with van der Waals surface area (Å²) in [6.07, 6.45) is 1.68. The number of nitrogens with zero attached hydrogens (tertiary/aromatic N) is 1. The van der Waals surface area contributed by atoms with E-state index in [2.05, 4.69) is 6.07 Å². The average Bonchev–Trinajstić information content (AvgIpc) is 2.77. The lowest BCUT2D eigenvalue weighted by molar-refractivity contribution is 0.0734. The van der Waals surface area contributed by atoms with Crippen LogP contribution in [0, 0.1) is 17.1 Å². The number of hydrogen-bond donors (Lipinski definition) is 0. The highest BCUT2D eigenvalue weighted by atomic mass is 19.1. The Morgan fingerprint density at radius 1 is 0.933 bits per heavy atom. The van der Waals surface area contributed by atoms with Crippen molar-refractivity contribution < 1.29 is 23.4 Å². The summed E-state index contributed by atoms with van der Waals surface area (Å²) in [7, 11) is 3.06. The summed E-state index contributed by atoms with van der Waals surface area (Å²) in [5.41, 5.74) is 1.97. The second kappa shape index (κ2) is 9.39. The molecule has 0 aliphatic carbocycles. The number of carbonyl (C=O) groups is 1. The van der Waals surface area contributed by atoms with Gasteiger partial charge in [0.2, 0.25) is 0 Å². The molecule has 0 N–H and O–H groups in total. The molecule has 0 atom stereocenters. The highest BCUT2D eigenvalue weighted by molar-refractivity contribution is 5.92. The van der Waals surface area contributed by atoms with E-state index < -0.39 is 11.8 Å². The standard InChI is InChI=1S/C24H18FNO4/c1-28-22-11-8-18(14-23(22)29-2)19(15-26)12-16-4-3-5-21(13-16)30-24(27)17-6-9-20(25)10-7-17/h3-14H,1-2H3/b19-12-. The van der Waals surface area contributed by atoms with E-state index in [1.807, 2.05) is 0 Å². The SMILES string of the molecule is COc1ccc(/C(C#N)=C\c2cccc(OC(=O)c3ccc(F)cc3)c2)cc1OC. The first-order valence-corrected chi connectivity index (χ1v) is 8.96. The Bertz CT molecular complexity index is 1130. The molecule has 0 aliphatic heterocycles. The van der Waals surface area contributed by atoms with E-state index in [1.54, 1.807) is 48.5 Å². The topological polar surface area (TPSA) is 68.5 Å². The van der Waals surface area contributed by atoms with Gasteiger partial charge >= 0.3 is 5.97 Å². The normalized spacial score (nSPS) is 10.8. The number of ether oxygens (including phenoxy) is 3. The van der Waals surface area contributed by atoms with Gasteiger partial charge in [-0.2, -0.15) is 5.26 Å². The van der Waals surface area contributed by atoms with Crippen LogP contribution in [0.4, 0.5) is 4.39 Å². The molecule has 0 amide bonds. The second-order valence-electron chi connectivity index (χ2n) is 6.21. The molecule has 0 spiro atoms. The van der Waals surface area contributed by atoms with Gasteiger partial charge in [0, 0.05) is 0 Å². The summed E-state index contributed by atoms with van der Waals surface area (Å²) in [6, 6.07) is 19.2. The summed E-state index contributed by atoms with van der Waals surface area (Å²) in [5.74, 6) is 0.350. The third kappa shape index (κ3) is 4.83. The minimum Gasteiger partial charge on any atom is -0.493 e. The van der Waals surface area contributed by atoms with E-state index in [0.717, 1.165) is 0 Å². The number of hydrogen-bond acceptors (Lipinski definition) is 5. The van der Waals surface area contributed by atoms with Gasteiger partial charge in [-0.3, -0.25) is 0 Å². The number of benzene rings is 3. The number of esters is 1. The molecule has 0 radical (unpaired) electrons. The first-order chi connectivity index (χ1) is 14.5. The van der Waals surface area contributed by atoms with Crippen molar-refractivity contribution in [2.75, 3.05) is 14.2 Å². The van der Waals surface area contributed by atoms with E-state index in [-0.39, 0.29) is 5.56 Å². The molecule has 3 aromatic rings. The molecule has 30 heavy (non-hydrogen) atoms. The first-order valence-electron chi connectivity index (χ1n) is 8.96. The second-order valence-corrected chi connectivity index (χ2v) is 6.21. The zero-order chi connectivity index (χ0) is 21.5. The van der Waals surface area contributed by atoms with Crippen molar-refractivity contribution in [1.82, 2.24) is 0 Å². The van der Waals surface area contributed by atoms with Crippen LogP contribution in [0.3, 0.4) is 0 Å². The number of carbonyl (C=O) groups excluding carboxylic acids is 1. The van der Waals surface area contributed by atoms with Gasteiger partial charge in [-0.1, -0.05) is 12.1 Å². The maximum Gasteiger partial charge on any atom is 0.343 e. The Labute approximate surface area is 173 Å². The van der Waals surface area contributed by atoms with Crippen LogP contribution in [0.5, 0.6) is 17.2 Å². The summed E-state index contributed by atoms with van der Waals surface area (Å²) in [6.45, 7) is 0. The molecule has 5 nitrogen and oxygen atoms in total. The Morgan fingerprint density at radius 3 is 2.30 bits per heavy atom. The van der Waals surface area contributed by atoms with Crippen molar-refractivity contribution in [3.63, 3.8) is 0 Å². The quantitative estimate of drug-likeness (QED) is 0.247. The van der Waals surface area contributed by atoms with Crippen LogP contribution in [-0.2, 0) is 0 Å². The molecule has 3 aromatic carbocycles. The third-order valence-electron chi connectivity index (χ3n) is 4.27. The minimum atomic E-state index is -0.600. The third-order valence-corrected chi connectivity index (χ3v) is 4.27. The van der Waals surface area contributed by atoms with E-state index in [4.69, 9.17) is 14.2 Å². The zero-order valence-electron chi connectivity index (χ0n) is 16.4. The predicted octanol–water partition coefficient (Wildman–Crippen LogP) is 5.13. The molecule has 3 rings (SSSR count). The fourth-order valence-electron chi connectivity index (χ4n) is 2.77. The molecule has 0 saturated heterocycles. The van der Waals surface area contributed by atoms with Gasteiger partial charge in [0.15, 0.2) is 11.5 Å². The number of methoxy groups -OCH3 is 2. The van der Waals surface area contributed by atoms with Crippen LogP contribution in [0.25, 0.3) is 11.6 Å². The van der Waals surface area contributed by atoms with Crippen molar-refractivity contribution in [2.45, 2.75) is 0 Å². The maximum absolute atomic E-state index is 13.0. The van der Waals surface area contributed by atoms with Crippen LogP contribution >= 0.6 is 0 Å². The fourth-order valence-corrected chi connectivity index (χ4v) is 2.77. The van der Waals surface area contributed by atoms with Crippen molar-refractivity contribution in [3.05, 3.63) is 89.2 Å². The van der Waals surface area contributed by atoms with Gasteiger partial charge in [0.1, 0.15) is 11.6 Å². The molecule has 0 aliphatic rings. The van der Waals surface area contributed by atoms with E-state index in [0.29, 0.717) is 33.9 Å². The highest BCUT2D eigenvalue weighted by Gasteiger charge is 2.10. The zero-order valence-corrected chi connectivity index (χ0v) is 16.4. The van der Waals surface area contributed by atoms with Crippen LogP contribution < -0.4 is 14.2 Å².